The largest absolute Gasteiger partial charge is 0.383 e. The van der Waals surface area contributed by atoms with E-state index >= 15 is 0 Å². The third-order valence-electron chi connectivity index (χ3n) is 5.49. The van der Waals surface area contributed by atoms with Crippen molar-refractivity contribution < 1.29 is 14.3 Å². The van der Waals surface area contributed by atoms with Gasteiger partial charge in [0.1, 0.15) is 0 Å². The molecule has 8 heteroatoms. The standard InChI is InChI=1S/C19H29N5O3/c1-27-13-9-20-18(25)15-4-3-10-24(14-15)16-6-11-23(12-7-16)19(26)17-5-2-8-21-22-17/h2,5,8,15-16H,3-4,6-7,9-14H2,1H3,(H,20,25). The Labute approximate surface area is 160 Å². The second-order valence-electron chi connectivity index (χ2n) is 7.25. The summed E-state index contributed by atoms with van der Waals surface area (Å²) in [7, 11) is 1.63. The van der Waals surface area contributed by atoms with Crippen LogP contribution in [-0.4, -0.2) is 84.3 Å². The molecule has 3 rings (SSSR count). The molecule has 0 bridgehead atoms. The monoisotopic (exact) mass is 375 g/mol. The van der Waals surface area contributed by atoms with Crippen LogP contribution in [0.2, 0.25) is 0 Å². The number of likely N-dealkylation sites (tertiary alicyclic amines) is 2. The van der Waals surface area contributed by atoms with E-state index in [2.05, 4.69) is 20.4 Å². The molecule has 0 spiro atoms. The van der Waals surface area contributed by atoms with Gasteiger partial charge in [-0.3, -0.25) is 14.5 Å². The molecule has 0 aromatic carbocycles. The van der Waals surface area contributed by atoms with E-state index in [9.17, 15) is 9.59 Å². The van der Waals surface area contributed by atoms with Gasteiger partial charge in [-0.25, -0.2) is 0 Å². The topological polar surface area (TPSA) is 87.7 Å². The van der Waals surface area contributed by atoms with Gasteiger partial charge < -0.3 is 15.0 Å². The molecule has 3 heterocycles. The van der Waals surface area contributed by atoms with E-state index in [-0.39, 0.29) is 17.7 Å². The number of hydrogen-bond acceptors (Lipinski definition) is 6. The highest BCUT2D eigenvalue weighted by Crippen LogP contribution is 2.24. The first kappa shape index (κ1) is 19.7. The molecule has 2 aliphatic heterocycles. The number of carbonyl (C=O) groups excluding carboxylic acids is 2. The van der Waals surface area contributed by atoms with E-state index in [1.165, 1.54) is 0 Å². The van der Waals surface area contributed by atoms with Crippen LogP contribution in [-0.2, 0) is 9.53 Å². The van der Waals surface area contributed by atoms with Gasteiger partial charge >= 0.3 is 0 Å². The SMILES string of the molecule is COCCNC(=O)C1CCCN(C2CCN(C(=O)c3cccnn3)CC2)C1. The lowest BCUT2D eigenvalue weighted by Gasteiger charge is -2.42. The molecule has 2 fully saturated rings. The Morgan fingerprint density at radius 3 is 2.78 bits per heavy atom. The number of nitrogens with zero attached hydrogens (tertiary/aromatic N) is 4. The molecule has 27 heavy (non-hydrogen) atoms. The van der Waals surface area contributed by atoms with Crippen molar-refractivity contribution >= 4 is 11.8 Å². The van der Waals surface area contributed by atoms with Crippen molar-refractivity contribution in [2.75, 3.05) is 46.4 Å². The predicted octanol–water partition coefficient (Wildman–Crippen LogP) is 0.556. The number of methoxy groups -OCH3 is 1. The number of piperidine rings is 2. The van der Waals surface area contributed by atoms with Gasteiger partial charge in [-0.15, -0.1) is 5.10 Å². The Balaban J connectivity index is 1.47. The van der Waals surface area contributed by atoms with Crippen molar-refractivity contribution in [2.45, 2.75) is 31.7 Å². The lowest BCUT2D eigenvalue weighted by molar-refractivity contribution is -0.127. The highest BCUT2D eigenvalue weighted by Gasteiger charge is 2.32. The molecule has 0 saturated carbocycles. The molecule has 0 radical (unpaired) electrons. The Morgan fingerprint density at radius 1 is 1.26 bits per heavy atom. The summed E-state index contributed by atoms with van der Waals surface area (Å²) >= 11 is 0. The first-order chi connectivity index (χ1) is 13.2. The summed E-state index contributed by atoms with van der Waals surface area (Å²) in [6.07, 6.45) is 5.43. The molecular formula is C19H29N5O3. The minimum atomic E-state index is -0.0457. The number of amides is 2. The van der Waals surface area contributed by atoms with Crippen LogP contribution in [0.4, 0.5) is 0 Å². The van der Waals surface area contributed by atoms with E-state index in [0.29, 0.717) is 24.9 Å². The molecular weight excluding hydrogens is 346 g/mol. The second-order valence-corrected chi connectivity index (χ2v) is 7.25. The van der Waals surface area contributed by atoms with E-state index in [0.717, 1.165) is 51.9 Å². The Hall–Kier alpha value is -2.06. The van der Waals surface area contributed by atoms with Crippen LogP contribution in [0.3, 0.4) is 0 Å². The average molecular weight is 375 g/mol. The van der Waals surface area contributed by atoms with Gasteiger partial charge in [0.25, 0.3) is 5.91 Å². The fraction of sp³-hybridized carbons (Fsp3) is 0.684. The predicted molar refractivity (Wildman–Crippen MR) is 100 cm³/mol. The summed E-state index contributed by atoms with van der Waals surface area (Å²) in [6.45, 7) is 4.39. The highest BCUT2D eigenvalue weighted by atomic mass is 16.5. The maximum absolute atomic E-state index is 12.5. The van der Waals surface area contributed by atoms with Crippen molar-refractivity contribution in [3.8, 4) is 0 Å². The zero-order valence-corrected chi connectivity index (χ0v) is 16.0. The quantitative estimate of drug-likeness (QED) is 0.731. The van der Waals surface area contributed by atoms with Gasteiger partial charge in [0.15, 0.2) is 5.69 Å². The summed E-state index contributed by atoms with van der Waals surface area (Å²) in [5.74, 6) is 0.137. The van der Waals surface area contributed by atoms with Crippen molar-refractivity contribution in [1.82, 2.24) is 25.3 Å². The molecule has 2 aliphatic rings. The highest BCUT2D eigenvalue weighted by molar-refractivity contribution is 5.92. The molecule has 8 nitrogen and oxygen atoms in total. The van der Waals surface area contributed by atoms with E-state index in [1.54, 1.807) is 25.4 Å². The maximum Gasteiger partial charge on any atom is 0.274 e. The van der Waals surface area contributed by atoms with Gasteiger partial charge in [0.05, 0.1) is 12.5 Å². The molecule has 1 aromatic heterocycles. The lowest BCUT2D eigenvalue weighted by Crippen LogP contribution is -2.51. The van der Waals surface area contributed by atoms with Crippen LogP contribution in [0.15, 0.2) is 18.3 Å². The summed E-state index contributed by atoms with van der Waals surface area (Å²) < 4.78 is 4.99. The van der Waals surface area contributed by atoms with Gasteiger partial charge in [0, 0.05) is 45.5 Å². The summed E-state index contributed by atoms with van der Waals surface area (Å²) in [5.41, 5.74) is 0.404. The molecule has 1 unspecified atom stereocenters. The maximum atomic E-state index is 12.5. The van der Waals surface area contributed by atoms with Gasteiger partial charge in [-0.2, -0.15) is 5.10 Å². The fourth-order valence-electron chi connectivity index (χ4n) is 3.98. The second kappa shape index (κ2) is 9.75. The van der Waals surface area contributed by atoms with Crippen molar-refractivity contribution in [2.24, 2.45) is 5.92 Å². The molecule has 1 atom stereocenters. The number of nitrogens with one attached hydrogen (secondary N) is 1. The lowest BCUT2D eigenvalue weighted by atomic mass is 9.93. The van der Waals surface area contributed by atoms with Crippen LogP contribution in [0, 0.1) is 5.92 Å². The summed E-state index contributed by atoms with van der Waals surface area (Å²) in [6, 6.07) is 3.88. The number of carbonyl (C=O) groups is 2. The zero-order chi connectivity index (χ0) is 19.1. The summed E-state index contributed by atoms with van der Waals surface area (Å²) in [4.78, 5) is 29.1. The van der Waals surface area contributed by atoms with Gasteiger partial charge in [-0.05, 0) is 44.4 Å². The zero-order valence-electron chi connectivity index (χ0n) is 16.0. The normalized spacial score (nSPS) is 21.8. The molecule has 1 N–H and O–H groups in total. The molecule has 2 amide bonds. The minimum absolute atomic E-state index is 0.0457. The first-order valence-corrected chi connectivity index (χ1v) is 9.76. The fourth-order valence-corrected chi connectivity index (χ4v) is 3.98. The third-order valence-corrected chi connectivity index (χ3v) is 5.49. The Morgan fingerprint density at radius 2 is 2.07 bits per heavy atom. The van der Waals surface area contributed by atoms with E-state index in [4.69, 9.17) is 4.74 Å². The number of aromatic nitrogens is 2. The van der Waals surface area contributed by atoms with E-state index < -0.39 is 0 Å². The smallest absolute Gasteiger partial charge is 0.274 e. The summed E-state index contributed by atoms with van der Waals surface area (Å²) in [5, 5.41) is 10.7. The van der Waals surface area contributed by atoms with Crippen LogP contribution in [0.1, 0.15) is 36.2 Å². The number of ether oxygens (including phenoxy) is 1. The van der Waals surface area contributed by atoms with Crippen LogP contribution in [0.25, 0.3) is 0 Å². The molecule has 148 valence electrons. The Bertz CT molecular complexity index is 619. The molecule has 2 saturated heterocycles. The van der Waals surface area contributed by atoms with Crippen molar-refractivity contribution in [1.29, 1.82) is 0 Å². The number of hydrogen-bond donors (Lipinski definition) is 1. The van der Waals surface area contributed by atoms with Gasteiger partial charge in [0.2, 0.25) is 5.91 Å². The number of rotatable bonds is 6. The minimum Gasteiger partial charge on any atom is -0.383 e. The molecule has 1 aromatic rings. The van der Waals surface area contributed by atoms with Crippen LogP contribution >= 0.6 is 0 Å². The van der Waals surface area contributed by atoms with Crippen LogP contribution < -0.4 is 5.32 Å². The van der Waals surface area contributed by atoms with Crippen molar-refractivity contribution in [3.63, 3.8) is 0 Å². The van der Waals surface area contributed by atoms with Gasteiger partial charge in [-0.1, -0.05) is 0 Å². The third kappa shape index (κ3) is 5.23. The first-order valence-electron chi connectivity index (χ1n) is 9.76. The van der Waals surface area contributed by atoms with Crippen molar-refractivity contribution in [3.05, 3.63) is 24.0 Å². The van der Waals surface area contributed by atoms with E-state index in [1.807, 2.05) is 4.90 Å². The van der Waals surface area contributed by atoms with Crippen LogP contribution in [0.5, 0.6) is 0 Å². The average Bonchev–Trinajstić information content (AvgIpc) is 2.74. The molecule has 0 aliphatic carbocycles. The Kier molecular flexibility index (Phi) is 7.11.